The number of nitrogens with one attached hydrogen (secondary N) is 2. The van der Waals surface area contributed by atoms with Gasteiger partial charge >= 0.3 is 6.03 Å². The van der Waals surface area contributed by atoms with Crippen molar-refractivity contribution in [1.82, 2.24) is 10.3 Å². The van der Waals surface area contributed by atoms with Gasteiger partial charge < -0.3 is 9.73 Å². The smallest absolute Gasteiger partial charge is 0.321 e. The fraction of sp³-hybridized carbons (Fsp3) is 0.100. The molecule has 0 bridgehead atoms. The topological polar surface area (TPSA) is 101 Å². The van der Waals surface area contributed by atoms with E-state index in [1.165, 1.54) is 17.6 Å². The fourth-order valence-corrected chi connectivity index (χ4v) is 4.35. The van der Waals surface area contributed by atoms with Gasteiger partial charge in [-0.25, -0.2) is 18.2 Å². The Kier molecular flexibility index (Phi) is 5.08. The molecule has 0 spiro atoms. The molecule has 0 aliphatic rings. The van der Waals surface area contributed by atoms with Crippen molar-refractivity contribution in [3.8, 4) is 11.1 Å². The van der Waals surface area contributed by atoms with Crippen molar-refractivity contribution in [3.63, 3.8) is 0 Å². The zero-order valence-electron chi connectivity index (χ0n) is 15.4. The Morgan fingerprint density at radius 1 is 1.14 bits per heavy atom. The van der Waals surface area contributed by atoms with Crippen molar-refractivity contribution in [2.45, 2.75) is 11.4 Å². The van der Waals surface area contributed by atoms with Gasteiger partial charge in [0.15, 0.2) is 15.0 Å². The van der Waals surface area contributed by atoms with E-state index in [0.717, 1.165) is 26.9 Å². The maximum atomic E-state index is 12.1. The SMILES string of the molecule is CS(=O)(=O)c1cccc(-c2ccc3nc(NC(=O)NCc4ccoc4)sc3c2)c1. The van der Waals surface area contributed by atoms with Gasteiger partial charge in [0.25, 0.3) is 0 Å². The molecular formula is C20H17N3O4S2. The number of benzene rings is 2. The monoisotopic (exact) mass is 427 g/mol. The molecule has 148 valence electrons. The normalized spacial score (nSPS) is 11.5. The van der Waals surface area contributed by atoms with Crippen LogP contribution in [0.15, 0.2) is 70.4 Å². The number of urea groups is 1. The summed E-state index contributed by atoms with van der Waals surface area (Å²) < 4.78 is 29.5. The second-order valence-corrected chi connectivity index (χ2v) is 9.49. The summed E-state index contributed by atoms with van der Waals surface area (Å²) >= 11 is 1.35. The Balaban J connectivity index is 1.53. The third-order valence-corrected chi connectivity index (χ3v) is 6.28. The van der Waals surface area contributed by atoms with Crippen LogP contribution < -0.4 is 10.6 Å². The van der Waals surface area contributed by atoms with Gasteiger partial charge in [0.1, 0.15) is 0 Å². The van der Waals surface area contributed by atoms with E-state index in [2.05, 4.69) is 15.6 Å². The summed E-state index contributed by atoms with van der Waals surface area (Å²) in [7, 11) is -3.28. The highest BCUT2D eigenvalue weighted by molar-refractivity contribution is 7.90. The molecule has 2 heterocycles. The first-order chi connectivity index (χ1) is 13.9. The molecule has 2 N–H and O–H groups in total. The van der Waals surface area contributed by atoms with Crippen LogP contribution in [0.2, 0.25) is 0 Å². The predicted octanol–water partition coefficient (Wildman–Crippen LogP) is 4.28. The lowest BCUT2D eigenvalue weighted by Crippen LogP contribution is -2.27. The van der Waals surface area contributed by atoms with Gasteiger partial charge in [-0.2, -0.15) is 0 Å². The summed E-state index contributed by atoms with van der Waals surface area (Å²) in [5.41, 5.74) is 3.30. The fourth-order valence-electron chi connectivity index (χ4n) is 2.78. The molecule has 0 fully saturated rings. The Labute approximate surface area is 171 Å². The quantitative estimate of drug-likeness (QED) is 0.495. The summed E-state index contributed by atoms with van der Waals surface area (Å²) in [6.45, 7) is 0.355. The van der Waals surface area contributed by atoms with E-state index in [1.54, 1.807) is 36.8 Å². The molecule has 2 amide bonds. The number of hydrogen-bond donors (Lipinski definition) is 2. The van der Waals surface area contributed by atoms with Crippen molar-refractivity contribution in [3.05, 3.63) is 66.6 Å². The van der Waals surface area contributed by atoms with Gasteiger partial charge in [-0.05, 0) is 41.5 Å². The van der Waals surface area contributed by atoms with E-state index < -0.39 is 9.84 Å². The second-order valence-electron chi connectivity index (χ2n) is 6.44. The number of thiazole rings is 1. The molecule has 7 nitrogen and oxygen atoms in total. The highest BCUT2D eigenvalue weighted by Crippen LogP contribution is 2.31. The molecule has 9 heteroatoms. The lowest BCUT2D eigenvalue weighted by atomic mass is 10.1. The van der Waals surface area contributed by atoms with Crippen molar-refractivity contribution >= 4 is 42.6 Å². The van der Waals surface area contributed by atoms with Crippen LogP contribution in [0.1, 0.15) is 5.56 Å². The lowest BCUT2D eigenvalue weighted by Gasteiger charge is -2.04. The highest BCUT2D eigenvalue weighted by atomic mass is 32.2. The van der Waals surface area contributed by atoms with Crippen molar-refractivity contribution in [2.24, 2.45) is 0 Å². The lowest BCUT2D eigenvalue weighted by molar-refractivity contribution is 0.251. The molecule has 4 rings (SSSR count). The Morgan fingerprint density at radius 3 is 2.72 bits per heavy atom. The average molecular weight is 428 g/mol. The molecule has 0 saturated heterocycles. The van der Waals surface area contributed by atoms with E-state index >= 15 is 0 Å². The number of aromatic nitrogens is 1. The zero-order valence-corrected chi connectivity index (χ0v) is 17.0. The summed E-state index contributed by atoms with van der Waals surface area (Å²) in [4.78, 5) is 16.8. The molecule has 0 unspecified atom stereocenters. The van der Waals surface area contributed by atoms with Gasteiger partial charge in [0, 0.05) is 18.4 Å². The molecule has 2 aromatic heterocycles. The number of anilines is 1. The molecular weight excluding hydrogens is 410 g/mol. The molecule has 0 aliphatic heterocycles. The third-order valence-electron chi connectivity index (χ3n) is 4.24. The largest absolute Gasteiger partial charge is 0.472 e. The number of nitrogens with zero attached hydrogens (tertiary/aromatic N) is 1. The summed E-state index contributed by atoms with van der Waals surface area (Å²) in [5.74, 6) is 0. The van der Waals surface area contributed by atoms with Crippen LogP contribution in [0.25, 0.3) is 21.3 Å². The minimum absolute atomic E-state index is 0.274. The van der Waals surface area contributed by atoms with Gasteiger partial charge in [0.2, 0.25) is 0 Å². The molecule has 2 aromatic carbocycles. The van der Waals surface area contributed by atoms with Crippen molar-refractivity contribution < 1.29 is 17.6 Å². The average Bonchev–Trinajstić information content (AvgIpc) is 3.34. The van der Waals surface area contributed by atoms with E-state index in [4.69, 9.17) is 4.42 Å². The first kappa shape index (κ1) is 19.2. The van der Waals surface area contributed by atoms with Crippen LogP contribution in [0, 0.1) is 0 Å². The molecule has 4 aromatic rings. The van der Waals surface area contributed by atoms with Gasteiger partial charge in [-0.15, -0.1) is 0 Å². The van der Waals surface area contributed by atoms with Crippen LogP contribution in [-0.4, -0.2) is 25.7 Å². The molecule has 0 saturated carbocycles. The standard InChI is InChI=1S/C20H17N3O4S2/c1-29(25,26)16-4-2-3-14(9-16)15-5-6-17-18(10-15)28-20(22-17)23-19(24)21-11-13-7-8-27-12-13/h2-10,12H,11H2,1H3,(H2,21,22,23,24). The summed E-state index contributed by atoms with van der Waals surface area (Å²) in [5, 5.41) is 5.94. The molecule has 0 atom stereocenters. The molecule has 0 aliphatic carbocycles. The Bertz CT molecular complexity index is 1280. The van der Waals surface area contributed by atoms with Crippen molar-refractivity contribution in [2.75, 3.05) is 11.6 Å². The summed E-state index contributed by atoms with van der Waals surface area (Å²) in [6.07, 6.45) is 4.30. The van der Waals surface area contributed by atoms with Crippen LogP contribution in [-0.2, 0) is 16.4 Å². The van der Waals surface area contributed by atoms with E-state index in [9.17, 15) is 13.2 Å². The van der Waals surface area contributed by atoms with Gasteiger partial charge in [-0.3, -0.25) is 5.32 Å². The first-order valence-electron chi connectivity index (χ1n) is 8.65. The highest BCUT2D eigenvalue weighted by Gasteiger charge is 2.11. The van der Waals surface area contributed by atoms with Crippen LogP contribution in [0.4, 0.5) is 9.93 Å². The van der Waals surface area contributed by atoms with Crippen LogP contribution in [0.3, 0.4) is 0 Å². The minimum Gasteiger partial charge on any atom is -0.472 e. The minimum atomic E-state index is -3.28. The van der Waals surface area contributed by atoms with E-state index in [0.29, 0.717) is 11.7 Å². The number of carbonyl (C=O) groups excluding carboxylic acids is 1. The van der Waals surface area contributed by atoms with Crippen LogP contribution in [0.5, 0.6) is 0 Å². The maximum absolute atomic E-state index is 12.1. The number of hydrogen-bond acceptors (Lipinski definition) is 6. The van der Waals surface area contributed by atoms with Crippen LogP contribution >= 0.6 is 11.3 Å². The van der Waals surface area contributed by atoms with E-state index in [-0.39, 0.29) is 10.9 Å². The third kappa shape index (κ3) is 4.47. The number of sulfone groups is 1. The molecule has 0 radical (unpaired) electrons. The zero-order chi connectivity index (χ0) is 20.4. The van der Waals surface area contributed by atoms with E-state index in [1.807, 2.05) is 24.3 Å². The first-order valence-corrected chi connectivity index (χ1v) is 11.4. The molecule has 29 heavy (non-hydrogen) atoms. The van der Waals surface area contributed by atoms with Crippen molar-refractivity contribution in [1.29, 1.82) is 0 Å². The second kappa shape index (κ2) is 7.69. The van der Waals surface area contributed by atoms with Gasteiger partial charge in [0.05, 0.1) is 27.6 Å². The number of amides is 2. The van der Waals surface area contributed by atoms with Gasteiger partial charge in [-0.1, -0.05) is 29.5 Å². The number of fused-ring (bicyclic) bond motifs is 1. The maximum Gasteiger partial charge on any atom is 0.321 e. The predicted molar refractivity (Wildman–Crippen MR) is 113 cm³/mol. The summed E-state index contributed by atoms with van der Waals surface area (Å²) in [6, 6.07) is 13.9. The number of rotatable bonds is 5. The number of furan rings is 1. The Morgan fingerprint density at radius 2 is 1.97 bits per heavy atom. The number of carbonyl (C=O) groups is 1. The Hall–Kier alpha value is -3.17.